The molecule has 1 aromatic rings. The summed E-state index contributed by atoms with van der Waals surface area (Å²) in [6.07, 6.45) is 3.70. The summed E-state index contributed by atoms with van der Waals surface area (Å²) in [5.74, 6) is 0.392. The largest absolute Gasteiger partial charge is 0.465 e. The maximum Gasteiger partial charge on any atom is 0.339 e. The van der Waals surface area contributed by atoms with Gasteiger partial charge in [0.05, 0.1) is 12.7 Å². The molecular formula is C15H21NO2. The van der Waals surface area contributed by atoms with E-state index in [1.165, 1.54) is 26.4 Å². The van der Waals surface area contributed by atoms with Gasteiger partial charge in [-0.2, -0.15) is 0 Å². The summed E-state index contributed by atoms with van der Waals surface area (Å²) >= 11 is 0. The van der Waals surface area contributed by atoms with Gasteiger partial charge in [0, 0.05) is 11.7 Å². The average Bonchev–Trinajstić information content (AvgIpc) is 2.76. The van der Waals surface area contributed by atoms with Gasteiger partial charge in [-0.1, -0.05) is 25.0 Å². The van der Waals surface area contributed by atoms with Gasteiger partial charge in [0.15, 0.2) is 0 Å². The van der Waals surface area contributed by atoms with E-state index in [1.807, 2.05) is 25.1 Å². The number of benzene rings is 1. The Balaban J connectivity index is 2.23. The normalized spacial score (nSPS) is 22.8. The summed E-state index contributed by atoms with van der Waals surface area (Å²) in [5, 5.41) is 3.50. The van der Waals surface area contributed by atoms with Gasteiger partial charge >= 0.3 is 5.97 Å². The number of carbonyl (C=O) groups excluding carboxylic acids is 1. The number of methoxy groups -OCH3 is 1. The molecule has 3 heteroatoms. The number of hydrogen-bond acceptors (Lipinski definition) is 3. The third-order valence-corrected chi connectivity index (χ3v) is 3.78. The average molecular weight is 247 g/mol. The van der Waals surface area contributed by atoms with Gasteiger partial charge in [-0.25, -0.2) is 4.79 Å². The third-order valence-electron chi connectivity index (χ3n) is 3.78. The summed E-state index contributed by atoms with van der Waals surface area (Å²) in [6, 6.07) is 6.35. The zero-order chi connectivity index (χ0) is 13.1. The number of carbonyl (C=O) groups is 1. The van der Waals surface area contributed by atoms with Crippen LogP contribution >= 0.6 is 0 Å². The molecular weight excluding hydrogens is 226 g/mol. The Labute approximate surface area is 109 Å². The van der Waals surface area contributed by atoms with Crippen molar-refractivity contribution in [3.8, 4) is 0 Å². The molecule has 0 saturated heterocycles. The third kappa shape index (κ3) is 2.66. The SMILES string of the molecule is COC(=O)c1cc(C)ccc1NC1CCCC1C. The first-order valence-corrected chi connectivity index (χ1v) is 6.57. The van der Waals surface area contributed by atoms with Crippen LogP contribution in [0.3, 0.4) is 0 Å². The van der Waals surface area contributed by atoms with Crippen LogP contribution in [0.25, 0.3) is 0 Å². The highest BCUT2D eigenvalue weighted by Crippen LogP contribution is 2.29. The van der Waals surface area contributed by atoms with Crippen molar-refractivity contribution in [1.29, 1.82) is 0 Å². The fraction of sp³-hybridized carbons (Fsp3) is 0.533. The Hall–Kier alpha value is -1.51. The molecule has 0 radical (unpaired) electrons. The van der Waals surface area contributed by atoms with E-state index in [-0.39, 0.29) is 5.97 Å². The Morgan fingerprint density at radius 1 is 1.39 bits per heavy atom. The van der Waals surface area contributed by atoms with Gasteiger partial charge in [-0.3, -0.25) is 0 Å². The topological polar surface area (TPSA) is 38.3 Å². The molecule has 0 aliphatic heterocycles. The van der Waals surface area contributed by atoms with Gasteiger partial charge < -0.3 is 10.1 Å². The van der Waals surface area contributed by atoms with Crippen LogP contribution in [0.4, 0.5) is 5.69 Å². The van der Waals surface area contributed by atoms with Crippen molar-refractivity contribution >= 4 is 11.7 Å². The van der Waals surface area contributed by atoms with E-state index in [2.05, 4.69) is 12.2 Å². The maximum atomic E-state index is 11.8. The van der Waals surface area contributed by atoms with E-state index >= 15 is 0 Å². The molecule has 2 atom stereocenters. The maximum absolute atomic E-state index is 11.8. The quantitative estimate of drug-likeness (QED) is 0.832. The van der Waals surface area contributed by atoms with Crippen molar-refractivity contribution in [1.82, 2.24) is 0 Å². The summed E-state index contributed by atoms with van der Waals surface area (Å²) < 4.78 is 4.84. The van der Waals surface area contributed by atoms with Gasteiger partial charge in [-0.05, 0) is 37.8 Å². The fourth-order valence-electron chi connectivity index (χ4n) is 2.62. The lowest BCUT2D eigenvalue weighted by Gasteiger charge is -2.20. The molecule has 1 aliphatic rings. The summed E-state index contributed by atoms with van der Waals surface area (Å²) in [4.78, 5) is 11.8. The molecule has 3 nitrogen and oxygen atoms in total. The molecule has 0 aromatic heterocycles. The van der Waals surface area contributed by atoms with E-state index in [9.17, 15) is 4.79 Å². The van der Waals surface area contributed by atoms with E-state index in [4.69, 9.17) is 4.74 Å². The molecule has 2 rings (SSSR count). The minimum atomic E-state index is -0.271. The highest BCUT2D eigenvalue weighted by molar-refractivity contribution is 5.95. The van der Waals surface area contributed by atoms with E-state index < -0.39 is 0 Å². The number of ether oxygens (including phenoxy) is 1. The van der Waals surface area contributed by atoms with Crippen LogP contribution in [0.1, 0.15) is 42.1 Å². The molecule has 0 heterocycles. The van der Waals surface area contributed by atoms with E-state index in [0.717, 1.165) is 11.3 Å². The van der Waals surface area contributed by atoms with Gasteiger partial charge in [-0.15, -0.1) is 0 Å². The lowest BCUT2D eigenvalue weighted by molar-refractivity contribution is 0.0601. The molecule has 0 spiro atoms. The Morgan fingerprint density at radius 3 is 2.78 bits per heavy atom. The predicted octanol–water partition coefficient (Wildman–Crippen LogP) is 3.38. The lowest BCUT2D eigenvalue weighted by Crippen LogP contribution is -2.23. The number of hydrogen-bond donors (Lipinski definition) is 1. The van der Waals surface area contributed by atoms with E-state index in [1.54, 1.807) is 0 Å². The van der Waals surface area contributed by atoms with Crippen molar-refractivity contribution in [3.05, 3.63) is 29.3 Å². The van der Waals surface area contributed by atoms with Gasteiger partial charge in [0.2, 0.25) is 0 Å². The van der Waals surface area contributed by atoms with Crippen LogP contribution in [0.5, 0.6) is 0 Å². The van der Waals surface area contributed by atoms with Crippen molar-refractivity contribution in [2.45, 2.75) is 39.2 Å². The summed E-state index contributed by atoms with van der Waals surface area (Å²) in [6.45, 7) is 4.24. The zero-order valence-corrected chi connectivity index (χ0v) is 11.3. The number of rotatable bonds is 3. The standard InChI is InChI=1S/C15H21NO2/c1-10-7-8-14(12(9-10)15(17)18-3)16-13-6-4-5-11(13)2/h7-9,11,13,16H,4-6H2,1-3H3. The van der Waals surface area contributed by atoms with Crippen LogP contribution in [-0.2, 0) is 4.74 Å². The number of anilines is 1. The second-order valence-electron chi connectivity index (χ2n) is 5.20. The van der Waals surface area contributed by atoms with Gasteiger partial charge in [0.1, 0.15) is 0 Å². The second kappa shape index (κ2) is 5.42. The molecule has 1 fully saturated rings. The predicted molar refractivity (Wildman–Crippen MR) is 72.9 cm³/mol. The number of nitrogens with one attached hydrogen (secondary N) is 1. The monoisotopic (exact) mass is 247 g/mol. The molecule has 2 unspecified atom stereocenters. The minimum Gasteiger partial charge on any atom is -0.465 e. The highest BCUT2D eigenvalue weighted by atomic mass is 16.5. The van der Waals surface area contributed by atoms with Crippen LogP contribution in [0.15, 0.2) is 18.2 Å². The van der Waals surface area contributed by atoms with Crippen molar-refractivity contribution < 1.29 is 9.53 Å². The molecule has 98 valence electrons. The molecule has 18 heavy (non-hydrogen) atoms. The summed E-state index contributed by atoms with van der Waals surface area (Å²) in [5.41, 5.74) is 2.60. The first kappa shape index (κ1) is 12.9. The molecule has 0 amide bonds. The highest BCUT2D eigenvalue weighted by Gasteiger charge is 2.24. The smallest absolute Gasteiger partial charge is 0.339 e. The lowest BCUT2D eigenvalue weighted by atomic mass is 10.0. The first-order valence-electron chi connectivity index (χ1n) is 6.57. The number of esters is 1. The second-order valence-corrected chi connectivity index (χ2v) is 5.20. The first-order chi connectivity index (χ1) is 8.61. The minimum absolute atomic E-state index is 0.271. The van der Waals surface area contributed by atoms with Crippen molar-refractivity contribution in [2.75, 3.05) is 12.4 Å². The fourth-order valence-corrected chi connectivity index (χ4v) is 2.62. The van der Waals surface area contributed by atoms with Crippen LogP contribution < -0.4 is 5.32 Å². The van der Waals surface area contributed by atoms with Crippen LogP contribution in [0, 0.1) is 12.8 Å². The Kier molecular flexibility index (Phi) is 3.90. The Bertz CT molecular complexity index is 442. The van der Waals surface area contributed by atoms with Crippen LogP contribution in [-0.4, -0.2) is 19.1 Å². The molecule has 1 N–H and O–H groups in total. The molecule has 0 bridgehead atoms. The van der Waals surface area contributed by atoms with E-state index in [0.29, 0.717) is 17.5 Å². The van der Waals surface area contributed by atoms with Crippen molar-refractivity contribution in [3.63, 3.8) is 0 Å². The van der Waals surface area contributed by atoms with Crippen LogP contribution in [0.2, 0.25) is 0 Å². The Morgan fingerprint density at radius 2 is 2.17 bits per heavy atom. The molecule has 1 saturated carbocycles. The van der Waals surface area contributed by atoms with Crippen molar-refractivity contribution in [2.24, 2.45) is 5.92 Å². The molecule has 1 aliphatic carbocycles. The zero-order valence-electron chi connectivity index (χ0n) is 11.3. The van der Waals surface area contributed by atoms with Gasteiger partial charge in [0.25, 0.3) is 0 Å². The molecule has 1 aromatic carbocycles. The summed E-state index contributed by atoms with van der Waals surface area (Å²) in [7, 11) is 1.42. The number of aryl methyl sites for hydroxylation is 1.